The maximum Gasteiger partial charge on any atom is 0.326 e. The third kappa shape index (κ3) is 7.17. The van der Waals surface area contributed by atoms with Gasteiger partial charge in [-0.15, -0.1) is 0 Å². The van der Waals surface area contributed by atoms with Crippen molar-refractivity contribution >= 4 is 25.7 Å². The normalized spacial score (nSPS) is 18.7. The molecule has 150 valence electrons. The number of carboxylic acids is 1. The molecule has 0 radical (unpaired) electrons. The fourth-order valence-corrected chi connectivity index (χ4v) is 3.47. The van der Waals surface area contributed by atoms with Gasteiger partial charge in [0.05, 0.1) is 12.0 Å². The molecule has 1 N–H and O–H groups in total. The van der Waals surface area contributed by atoms with Gasteiger partial charge in [-0.3, -0.25) is 9.59 Å². The molecule has 26 heavy (non-hydrogen) atoms. The van der Waals surface area contributed by atoms with Crippen molar-refractivity contribution in [3.8, 4) is 0 Å². The van der Waals surface area contributed by atoms with E-state index in [1.807, 2.05) is 0 Å². The van der Waals surface area contributed by atoms with Crippen molar-refractivity contribution in [2.45, 2.75) is 64.8 Å². The van der Waals surface area contributed by atoms with Gasteiger partial charge in [-0.05, 0) is 25.3 Å². The molecule has 0 bridgehead atoms. The largest absolute Gasteiger partial charge is 0.480 e. The summed E-state index contributed by atoms with van der Waals surface area (Å²) in [5, 5.41) is 9.28. The second-order valence-electron chi connectivity index (χ2n) is 8.75. The van der Waals surface area contributed by atoms with Gasteiger partial charge in [0.2, 0.25) is 5.78 Å². The molecule has 0 spiro atoms. The molecule has 1 aliphatic heterocycles. The lowest BCUT2D eigenvalue weighted by Crippen LogP contribution is -2.53. The summed E-state index contributed by atoms with van der Waals surface area (Å²) in [4.78, 5) is 37.7. The predicted molar refractivity (Wildman–Crippen MR) is 101 cm³/mol. The minimum atomic E-state index is -1.15. The van der Waals surface area contributed by atoms with Crippen LogP contribution in [0.2, 0.25) is 25.7 Å². The number of amides is 1. The highest BCUT2D eigenvalue weighted by molar-refractivity contribution is 6.76. The highest BCUT2D eigenvalue weighted by Gasteiger charge is 2.40. The molecule has 0 aliphatic carbocycles. The first-order chi connectivity index (χ1) is 12.0. The van der Waals surface area contributed by atoms with Gasteiger partial charge in [-0.1, -0.05) is 33.5 Å². The number of hydrogen-bond acceptors (Lipinski definition) is 5. The number of ketones is 1. The molecule has 7 nitrogen and oxygen atoms in total. The molecule has 1 amide bonds. The zero-order valence-corrected chi connectivity index (χ0v) is 17.7. The van der Waals surface area contributed by atoms with Crippen molar-refractivity contribution in [2.75, 3.05) is 26.6 Å². The van der Waals surface area contributed by atoms with Crippen molar-refractivity contribution in [3.63, 3.8) is 0 Å². The summed E-state index contributed by atoms with van der Waals surface area (Å²) in [6.45, 7) is 11.1. The summed E-state index contributed by atoms with van der Waals surface area (Å²) < 4.78 is 10.9. The second kappa shape index (κ2) is 9.62. The van der Waals surface area contributed by atoms with E-state index in [2.05, 4.69) is 19.6 Å². The van der Waals surface area contributed by atoms with E-state index < -0.39 is 37.2 Å². The van der Waals surface area contributed by atoms with E-state index in [0.717, 1.165) is 12.5 Å². The van der Waals surface area contributed by atoms with E-state index in [1.54, 1.807) is 13.8 Å². The summed E-state index contributed by atoms with van der Waals surface area (Å²) in [7, 11) is -1.15. The van der Waals surface area contributed by atoms with E-state index in [0.29, 0.717) is 26.0 Å². The summed E-state index contributed by atoms with van der Waals surface area (Å²) in [5.41, 5.74) is -1.03. The second-order valence-corrected chi connectivity index (χ2v) is 14.4. The molecule has 0 unspecified atom stereocenters. The first-order valence-corrected chi connectivity index (χ1v) is 12.9. The van der Waals surface area contributed by atoms with Gasteiger partial charge in [0.1, 0.15) is 12.8 Å². The van der Waals surface area contributed by atoms with Gasteiger partial charge in [0.25, 0.3) is 5.91 Å². The van der Waals surface area contributed by atoms with Crippen molar-refractivity contribution in [1.29, 1.82) is 0 Å². The molecule has 8 heteroatoms. The highest BCUT2D eigenvalue weighted by Crippen LogP contribution is 2.23. The molecular weight excluding hydrogens is 354 g/mol. The molecule has 0 aromatic carbocycles. The topological polar surface area (TPSA) is 93.1 Å². The number of carbonyl (C=O) groups excluding carboxylic acids is 2. The Morgan fingerprint density at radius 1 is 1.15 bits per heavy atom. The number of piperidine rings is 1. The van der Waals surface area contributed by atoms with Gasteiger partial charge < -0.3 is 19.5 Å². The molecule has 1 rings (SSSR count). The Hall–Kier alpha value is -1.25. The Balaban J connectivity index is 2.50. The number of hydrogen-bond donors (Lipinski definition) is 1. The average Bonchev–Trinajstić information content (AvgIpc) is 2.55. The van der Waals surface area contributed by atoms with Crippen LogP contribution in [0, 0.1) is 5.41 Å². The fourth-order valence-electron chi connectivity index (χ4n) is 2.71. The zero-order valence-electron chi connectivity index (χ0n) is 16.7. The molecule has 0 aromatic heterocycles. The summed E-state index contributed by atoms with van der Waals surface area (Å²) in [6, 6.07) is 0.115. The van der Waals surface area contributed by atoms with E-state index >= 15 is 0 Å². The summed E-state index contributed by atoms with van der Waals surface area (Å²) >= 11 is 0. The van der Waals surface area contributed by atoms with Crippen LogP contribution in [0.15, 0.2) is 0 Å². The van der Waals surface area contributed by atoms with Crippen molar-refractivity contribution in [2.24, 2.45) is 5.41 Å². The number of carbonyl (C=O) groups is 3. The maximum absolute atomic E-state index is 12.6. The minimum absolute atomic E-state index is 0.0517. The average molecular weight is 388 g/mol. The third-order valence-electron chi connectivity index (χ3n) is 4.48. The molecular formula is C18H33NO6Si. The van der Waals surface area contributed by atoms with E-state index in [4.69, 9.17) is 9.47 Å². The number of rotatable bonds is 10. The predicted octanol–water partition coefficient (Wildman–Crippen LogP) is 2.38. The number of ether oxygens (including phenoxy) is 2. The van der Waals surface area contributed by atoms with Crippen molar-refractivity contribution < 1.29 is 29.0 Å². The van der Waals surface area contributed by atoms with Crippen molar-refractivity contribution in [1.82, 2.24) is 4.90 Å². The SMILES string of the molecule is CC(C)(COCOCC[Si](C)(C)C)C(=O)C(=O)N1CCCC[C@H]1C(=O)O. The lowest BCUT2D eigenvalue weighted by molar-refractivity contribution is -0.160. The van der Waals surface area contributed by atoms with Crippen LogP contribution in [0.25, 0.3) is 0 Å². The van der Waals surface area contributed by atoms with Crippen LogP contribution in [0.4, 0.5) is 0 Å². The standard InChI is InChI=1S/C18H33NO6Si/c1-18(2,12-25-13-24-10-11-26(3,4)5)15(20)16(21)19-9-7-6-8-14(19)17(22)23/h14H,6-13H2,1-5H3,(H,22,23)/t14-/m0/s1. The van der Waals surface area contributed by atoms with E-state index in [-0.39, 0.29) is 13.4 Å². The van der Waals surface area contributed by atoms with E-state index in [1.165, 1.54) is 4.90 Å². The first kappa shape index (κ1) is 22.8. The maximum atomic E-state index is 12.6. The summed E-state index contributed by atoms with van der Waals surface area (Å²) in [5.74, 6) is -2.41. The molecule has 1 saturated heterocycles. The summed E-state index contributed by atoms with van der Waals surface area (Å²) in [6.07, 6.45) is 1.84. The quantitative estimate of drug-likeness (QED) is 0.268. The van der Waals surface area contributed by atoms with Gasteiger partial charge in [-0.2, -0.15) is 0 Å². The molecule has 1 atom stereocenters. The monoisotopic (exact) mass is 387 g/mol. The first-order valence-electron chi connectivity index (χ1n) is 9.19. The Kier molecular flexibility index (Phi) is 8.43. The number of carboxylic acid groups (broad SMARTS) is 1. The molecule has 0 aromatic rings. The Morgan fingerprint density at radius 3 is 2.38 bits per heavy atom. The Bertz CT molecular complexity index is 514. The zero-order chi connectivity index (χ0) is 20.0. The molecule has 0 saturated carbocycles. The number of Topliss-reactive ketones (excluding diaryl/α,β-unsaturated/α-hetero) is 1. The number of aliphatic carboxylic acids is 1. The Labute approximate surface area is 157 Å². The van der Waals surface area contributed by atoms with Gasteiger partial charge >= 0.3 is 5.97 Å². The van der Waals surface area contributed by atoms with Crippen LogP contribution in [0.1, 0.15) is 33.1 Å². The fraction of sp³-hybridized carbons (Fsp3) is 0.833. The molecule has 1 aliphatic rings. The highest BCUT2D eigenvalue weighted by atomic mass is 28.3. The smallest absolute Gasteiger partial charge is 0.326 e. The third-order valence-corrected chi connectivity index (χ3v) is 6.19. The lowest BCUT2D eigenvalue weighted by Gasteiger charge is -2.34. The molecule has 1 fully saturated rings. The lowest BCUT2D eigenvalue weighted by atomic mass is 9.87. The van der Waals surface area contributed by atoms with Crippen LogP contribution in [-0.4, -0.2) is 68.3 Å². The van der Waals surface area contributed by atoms with Crippen molar-refractivity contribution in [3.05, 3.63) is 0 Å². The Morgan fingerprint density at radius 2 is 1.81 bits per heavy atom. The van der Waals surface area contributed by atoms with Crippen LogP contribution in [0.3, 0.4) is 0 Å². The van der Waals surface area contributed by atoms with Crippen LogP contribution < -0.4 is 0 Å². The van der Waals surface area contributed by atoms with Gasteiger partial charge in [-0.25, -0.2) is 4.79 Å². The number of nitrogens with zero attached hydrogens (tertiary/aromatic N) is 1. The van der Waals surface area contributed by atoms with Gasteiger partial charge in [0.15, 0.2) is 0 Å². The van der Waals surface area contributed by atoms with Crippen LogP contribution >= 0.6 is 0 Å². The van der Waals surface area contributed by atoms with Gasteiger partial charge in [0, 0.05) is 21.2 Å². The minimum Gasteiger partial charge on any atom is -0.480 e. The molecule has 1 heterocycles. The van der Waals surface area contributed by atoms with E-state index in [9.17, 15) is 19.5 Å². The van der Waals surface area contributed by atoms with Crippen LogP contribution in [-0.2, 0) is 23.9 Å². The van der Waals surface area contributed by atoms with Crippen LogP contribution in [0.5, 0.6) is 0 Å². The number of likely N-dealkylation sites (tertiary alicyclic amines) is 1.